The molecule has 4 nitrogen and oxygen atoms in total. The van der Waals surface area contributed by atoms with Gasteiger partial charge in [-0.15, -0.1) is 0 Å². The summed E-state index contributed by atoms with van der Waals surface area (Å²) in [4.78, 5) is 11.2. The predicted octanol–water partition coefficient (Wildman–Crippen LogP) is 11.1. The topological polar surface area (TPSA) is 52.6 Å². The second-order valence-corrected chi connectivity index (χ2v) is 16.5. The Balaban J connectivity index is 1.20. The Kier molecular flexibility index (Phi) is 10.6. The molecule has 266 valence electrons. The minimum Gasteiger partial charge on any atom is -0.478 e. The first-order valence-corrected chi connectivity index (χ1v) is 18.4. The van der Waals surface area contributed by atoms with E-state index in [1.165, 1.54) is 33.4 Å². The lowest BCUT2D eigenvalue weighted by molar-refractivity contribution is 0.0697. The summed E-state index contributed by atoms with van der Waals surface area (Å²) in [5, 5.41) is 11.6. The van der Waals surface area contributed by atoms with E-state index < -0.39 is 5.97 Å². The summed E-state index contributed by atoms with van der Waals surface area (Å²) < 4.78 is 0. The van der Waals surface area contributed by atoms with Crippen molar-refractivity contribution >= 4 is 18.1 Å². The lowest BCUT2D eigenvalue weighted by Gasteiger charge is -2.32. The van der Waals surface area contributed by atoms with Gasteiger partial charge in [0.2, 0.25) is 0 Å². The number of rotatable bonds is 6. The van der Waals surface area contributed by atoms with Crippen molar-refractivity contribution in [1.29, 1.82) is 0 Å². The number of hydrogen-bond donors (Lipinski definition) is 2. The average Bonchev–Trinajstić information content (AvgIpc) is 3.55. The molecule has 2 aliphatic rings. The Labute approximate surface area is 311 Å². The number of benzene rings is 4. The van der Waals surface area contributed by atoms with Crippen molar-refractivity contribution in [3.63, 3.8) is 0 Å². The highest BCUT2D eigenvalue weighted by Crippen LogP contribution is 2.41. The molecule has 0 amide bonds. The fourth-order valence-corrected chi connectivity index (χ4v) is 7.06. The lowest BCUT2D eigenvalue weighted by Crippen LogP contribution is -2.42. The fraction of sp³-hybridized carbons (Fsp3) is 0.312. The Morgan fingerprint density at radius 2 is 1.42 bits per heavy atom. The van der Waals surface area contributed by atoms with E-state index in [1.54, 1.807) is 12.1 Å². The highest BCUT2D eigenvalue weighted by Gasteiger charge is 2.37. The molecule has 52 heavy (non-hydrogen) atoms. The van der Waals surface area contributed by atoms with Crippen LogP contribution in [0.4, 0.5) is 0 Å². The number of allylic oxidation sites excluding steroid dienone is 2. The number of hydrogen-bond acceptors (Lipinski definition) is 3. The molecule has 0 spiro atoms. The van der Waals surface area contributed by atoms with Crippen molar-refractivity contribution < 1.29 is 9.90 Å². The second-order valence-electron chi connectivity index (χ2n) is 16.5. The number of nitrogens with one attached hydrogen (secondary N) is 1. The molecule has 1 heterocycles. The maximum atomic E-state index is 11.2. The zero-order valence-electron chi connectivity index (χ0n) is 31.9. The molecule has 1 fully saturated rings. The Morgan fingerprint density at radius 3 is 1.96 bits per heavy atom. The van der Waals surface area contributed by atoms with E-state index in [2.05, 4.69) is 163 Å². The van der Waals surface area contributed by atoms with E-state index in [1.807, 2.05) is 18.2 Å². The zero-order valence-corrected chi connectivity index (χ0v) is 31.9. The van der Waals surface area contributed by atoms with Crippen molar-refractivity contribution in [3.8, 4) is 11.8 Å². The molecule has 4 aromatic carbocycles. The zero-order chi connectivity index (χ0) is 37.2. The average molecular weight is 689 g/mol. The number of hydrazine groups is 1. The molecule has 1 aliphatic heterocycles. The van der Waals surface area contributed by atoms with Gasteiger partial charge in [-0.3, -0.25) is 0 Å². The van der Waals surface area contributed by atoms with Gasteiger partial charge < -0.3 is 5.11 Å². The molecule has 0 aromatic heterocycles. The van der Waals surface area contributed by atoms with Crippen LogP contribution in [0, 0.1) is 25.7 Å². The Bertz CT molecular complexity index is 2060. The van der Waals surface area contributed by atoms with Gasteiger partial charge in [0.15, 0.2) is 0 Å². The predicted molar refractivity (Wildman–Crippen MR) is 216 cm³/mol. The van der Waals surface area contributed by atoms with Crippen LogP contribution in [0.5, 0.6) is 0 Å². The first-order chi connectivity index (χ1) is 24.6. The molecule has 4 aromatic rings. The van der Waals surface area contributed by atoms with Gasteiger partial charge >= 0.3 is 5.97 Å². The summed E-state index contributed by atoms with van der Waals surface area (Å²) in [5.41, 5.74) is 16.4. The van der Waals surface area contributed by atoms with Gasteiger partial charge in [0.1, 0.15) is 0 Å². The van der Waals surface area contributed by atoms with Gasteiger partial charge in [-0.2, -0.15) is 0 Å². The van der Waals surface area contributed by atoms with Crippen LogP contribution < -0.4 is 5.43 Å². The van der Waals surface area contributed by atoms with Gasteiger partial charge in [-0.1, -0.05) is 144 Å². The van der Waals surface area contributed by atoms with Gasteiger partial charge in [-0.05, 0) is 107 Å². The largest absolute Gasteiger partial charge is 0.478 e. The van der Waals surface area contributed by atoms with E-state index >= 15 is 0 Å². The molecule has 1 saturated heterocycles. The van der Waals surface area contributed by atoms with Crippen molar-refractivity contribution in [1.82, 2.24) is 10.4 Å². The molecule has 0 radical (unpaired) electrons. The van der Waals surface area contributed by atoms with Crippen LogP contribution in [-0.4, -0.2) is 22.1 Å². The van der Waals surface area contributed by atoms with Crippen LogP contribution in [0.15, 0.2) is 109 Å². The molecule has 6 rings (SSSR count). The SMILES string of the molecule is Cc1ccc(C2CC(c3ccc(/C=C/c4ccc(C(=O)O)cc4)cc3)NN2C2C=CC(C#Cc3cc(C(C)(C)C)cc(C(C)(C)C)c3)=CC2)c(C)c1. The third kappa shape index (κ3) is 8.73. The van der Waals surface area contributed by atoms with Crippen LogP contribution in [0.25, 0.3) is 12.2 Å². The van der Waals surface area contributed by atoms with Gasteiger partial charge in [0.05, 0.1) is 11.6 Å². The van der Waals surface area contributed by atoms with Crippen LogP contribution in [0.2, 0.25) is 0 Å². The van der Waals surface area contributed by atoms with Crippen molar-refractivity contribution in [3.05, 3.63) is 164 Å². The van der Waals surface area contributed by atoms with Crippen LogP contribution in [0.3, 0.4) is 0 Å². The molecule has 3 unspecified atom stereocenters. The molecule has 3 atom stereocenters. The molecule has 0 saturated carbocycles. The monoisotopic (exact) mass is 688 g/mol. The van der Waals surface area contributed by atoms with Gasteiger partial charge in [0, 0.05) is 23.2 Å². The quantitative estimate of drug-likeness (QED) is 0.156. The lowest BCUT2D eigenvalue weighted by atomic mass is 9.79. The highest BCUT2D eigenvalue weighted by molar-refractivity contribution is 5.88. The molecule has 2 N–H and O–H groups in total. The van der Waals surface area contributed by atoms with Crippen LogP contribution in [0.1, 0.15) is 127 Å². The molecular formula is C48H52N2O2. The summed E-state index contributed by atoms with van der Waals surface area (Å²) in [6, 6.07) is 30.0. The number of carboxylic acids is 1. The van der Waals surface area contributed by atoms with Crippen LogP contribution in [-0.2, 0) is 10.8 Å². The smallest absolute Gasteiger partial charge is 0.335 e. The summed E-state index contributed by atoms with van der Waals surface area (Å²) in [6.45, 7) is 18.0. The first kappa shape index (κ1) is 36.8. The van der Waals surface area contributed by atoms with E-state index in [9.17, 15) is 9.90 Å². The Morgan fingerprint density at radius 1 is 0.808 bits per heavy atom. The highest BCUT2D eigenvalue weighted by atomic mass is 16.4. The molecule has 0 bridgehead atoms. The molecule has 1 aliphatic carbocycles. The second kappa shape index (κ2) is 15.0. The standard InChI is InChI=1S/C48H52N2O2/c1-32-9-26-43(33(2)27-32)45-31-44(38-20-14-34(15-21-38)10-11-35-16-22-39(23-17-35)46(51)52)49-50(45)42-24-18-36(19-25-42)12-13-37-28-40(47(3,4)5)30-41(29-37)48(6,7)8/h9-11,14-24,26-30,42,44-45,49H,25,31H2,1-8H3,(H,51,52)/b11-10+. The number of carbonyl (C=O) groups is 1. The molecule has 4 heteroatoms. The van der Waals surface area contributed by atoms with Crippen molar-refractivity contribution in [2.75, 3.05) is 0 Å². The third-order valence-corrected chi connectivity index (χ3v) is 10.3. The Hall–Kier alpha value is -4.95. The van der Waals surface area contributed by atoms with E-state index in [4.69, 9.17) is 0 Å². The number of aromatic carboxylic acids is 1. The van der Waals surface area contributed by atoms with Crippen molar-refractivity contribution in [2.24, 2.45) is 0 Å². The maximum absolute atomic E-state index is 11.2. The maximum Gasteiger partial charge on any atom is 0.335 e. The van der Waals surface area contributed by atoms with E-state index in [0.29, 0.717) is 5.56 Å². The first-order valence-electron chi connectivity index (χ1n) is 18.4. The number of nitrogens with zero attached hydrogens (tertiary/aromatic N) is 1. The fourth-order valence-electron chi connectivity index (χ4n) is 7.06. The van der Waals surface area contributed by atoms with Crippen LogP contribution >= 0.6 is 0 Å². The minimum atomic E-state index is -0.914. The summed E-state index contributed by atoms with van der Waals surface area (Å²) in [5.74, 6) is 6.08. The van der Waals surface area contributed by atoms with Gasteiger partial charge in [-0.25, -0.2) is 15.2 Å². The summed E-state index contributed by atoms with van der Waals surface area (Å²) >= 11 is 0. The molecular weight excluding hydrogens is 637 g/mol. The number of carboxylic acid groups (broad SMARTS) is 1. The number of aryl methyl sites for hydroxylation is 2. The normalized spacial score (nSPS) is 19.4. The van der Waals surface area contributed by atoms with E-state index in [-0.39, 0.29) is 29.0 Å². The third-order valence-electron chi connectivity index (χ3n) is 10.3. The minimum absolute atomic E-state index is 0.0558. The van der Waals surface area contributed by atoms with Gasteiger partial charge in [0.25, 0.3) is 0 Å². The summed E-state index contributed by atoms with van der Waals surface area (Å²) in [7, 11) is 0. The van der Waals surface area contributed by atoms with Crippen molar-refractivity contribution in [2.45, 2.75) is 97.2 Å². The van der Waals surface area contributed by atoms with E-state index in [0.717, 1.165) is 35.1 Å². The summed E-state index contributed by atoms with van der Waals surface area (Å²) in [6.07, 6.45) is 12.7.